The molecule has 1 aliphatic carbocycles. The van der Waals surface area contributed by atoms with E-state index in [4.69, 9.17) is 0 Å². The fourth-order valence-electron chi connectivity index (χ4n) is 4.08. The smallest absolute Gasteiger partial charge is 0.328 e. The van der Waals surface area contributed by atoms with E-state index in [1.807, 2.05) is 6.92 Å². The molecule has 0 aromatic heterocycles. The maximum absolute atomic E-state index is 11.9. The van der Waals surface area contributed by atoms with E-state index in [0.29, 0.717) is 19.3 Å². The molecule has 26 heavy (non-hydrogen) atoms. The Morgan fingerprint density at radius 1 is 1.12 bits per heavy atom. The lowest BCUT2D eigenvalue weighted by Gasteiger charge is -2.28. The number of allylic oxidation sites excluding steroid dienone is 1. The molecule has 3 atom stereocenters. The van der Waals surface area contributed by atoms with Gasteiger partial charge in [0.1, 0.15) is 0 Å². The molecule has 152 valence electrons. The number of unbranched alkanes of at least 4 members (excludes halogenated alkanes) is 2. The third-order valence-electron chi connectivity index (χ3n) is 5.56. The highest BCUT2D eigenvalue weighted by atomic mass is 31.2. The molecule has 0 heterocycles. The average molecular weight is 388 g/mol. The van der Waals surface area contributed by atoms with Crippen molar-refractivity contribution < 1.29 is 24.3 Å². The molecule has 0 bridgehead atoms. The van der Waals surface area contributed by atoms with E-state index in [1.165, 1.54) is 0 Å². The Morgan fingerprint density at radius 2 is 1.85 bits per heavy atom. The summed E-state index contributed by atoms with van der Waals surface area (Å²) in [5.74, 6) is -1.24. The molecule has 0 spiro atoms. The van der Waals surface area contributed by atoms with Crippen LogP contribution in [-0.2, 0) is 9.36 Å². The van der Waals surface area contributed by atoms with Gasteiger partial charge in [-0.15, -0.1) is 0 Å². The Bertz CT molecular complexity index is 496. The summed E-state index contributed by atoms with van der Waals surface area (Å²) >= 11 is 0. The molecule has 0 fully saturated rings. The van der Waals surface area contributed by atoms with Crippen LogP contribution in [0.1, 0.15) is 90.9 Å². The number of rotatable bonds is 13. The van der Waals surface area contributed by atoms with Gasteiger partial charge in [-0.3, -0.25) is 9.36 Å². The molecule has 1 rings (SSSR count). The van der Waals surface area contributed by atoms with E-state index in [0.717, 1.165) is 63.4 Å². The van der Waals surface area contributed by atoms with Crippen molar-refractivity contribution in [2.75, 3.05) is 0 Å². The predicted molar refractivity (Wildman–Crippen MR) is 105 cm³/mol. The zero-order chi connectivity index (χ0) is 19.6. The summed E-state index contributed by atoms with van der Waals surface area (Å²) in [6, 6.07) is 0. The summed E-state index contributed by atoms with van der Waals surface area (Å²) < 4.78 is 11.9. The zero-order valence-electron chi connectivity index (χ0n) is 16.4. The first-order valence-electron chi connectivity index (χ1n) is 10.3. The molecule has 6 heteroatoms. The maximum atomic E-state index is 11.9. The van der Waals surface area contributed by atoms with Crippen molar-refractivity contribution in [1.82, 2.24) is 0 Å². The van der Waals surface area contributed by atoms with E-state index in [2.05, 4.69) is 13.0 Å². The number of aliphatic carboxylic acids is 1. The molecule has 0 aromatic carbocycles. The number of carbonyl (C=O) groups is 1. The summed E-state index contributed by atoms with van der Waals surface area (Å²) in [5.41, 5.74) is 0.376. The topological polar surface area (TPSA) is 94.8 Å². The van der Waals surface area contributed by atoms with E-state index in [-0.39, 0.29) is 5.92 Å². The monoisotopic (exact) mass is 388 g/mol. The second kappa shape index (κ2) is 11.9. The van der Waals surface area contributed by atoms with Crippen LogP contribution >= 0.6 is 7.60 Å². The standard InChI is InChI=1S/C20H37O5P/c1-3-5-7-11-16(14-18(10-4-2)26(23,24)25)15-19(20(21)22)17-12-8-6-9-13-17/h12,16,18-19H,3-11,13-15H2,1-2H3,(H,21,22)(H2,23,24,25). The van der Waals surface area contributed by atoms with Gasteiger partial charge >= 0.3 is 13.6 Å². The molecule has 3 unspecified atom stereocenters. The summed E-state index contributed by atoms with van der Waals surface area (Å²) in [7, 11) is -4.15. The van der Waals surface area contributed by atoms with E-state index < -0.39 is 25.1 Å². The summed E-state index contributed by atoms with van der Waals surface area (Å²) in [6.45, 7) is 4.05. The molecule has 0 radical (unpaired) electrons. The molecule has 0 aromatic rings. The number of hydrogen-bond acceptors (Lipinski definition) is 2. The predicted octanol–water partition coefficient (Wildman–Crippen LogP) is 5.51. The normalized spacial score (nSPS) is 18.8. The minimum atomic E-state index is -4.15. The second-order valence-electron chi connectivity index (χ2n) is 7.78. The molecule has 0 saturated carbocycles. The van der Waals surface area contributed by atoms with Gasteiger partial charge in [-0.1, -0.05) is 57.6 Å². The number of hydrogen-bond donors (Lipinski definition) is 3. The third-order valence-corrected chi connectivity index (χ3v) is 6.98. The third kappa shape index (κ3) is 8.37. The van der Waals surface area contributed by atoms with Crippen LogP contribution in [0.15, 0.2) is 11.6 Å². The molecule has 5 nitrogen and oxygen atoms in total. The second-order valence-corrected chi connectivity index (χ2v) is 9.69. The van der Waals surface area contributed by atoms with Crippen molar-refractivity contribution >= 4 is 13.6 Å². The molecule has 1 aliphatic rings. The summed E-state index contributed by atoms with van der Waals surface area (Å²) in [6.07, 6.45) is 12.2. The van der Waals surface area contributed by atoms with Crippen LogP contribution in [0.25, 0.3) is 0 Å². The van der Waals surface area contributed by atoms with Crippen molar-refractivity contribution in [2.24, 2.45) is 11.8 Å². The molecular weight excluding hydrogens is 351 g/mol. The number of carboxylic acid groups (broad SMARTS) is 1. The first-order valence-corrected chi connectivity index (χ1v) is 11.9. The van der Waals surface area contributed by atoms with E-state index in [1.54, 1.807) is 0 Å². The highest BCUT2D eigenvalue weighted by molar-refractivity contribution is 7.52. The summed E-state index contributed by atoms with van der Waals surface area (Å²) in [5, 5.41) is 9.75. The highest BCUT2D eigenvalue weighted by Gasteiger charge is 2.33. The Hall–Kier alpha value is -0.640. The molecule has 0 saturated heterocycles. The maximum Gasteiger partial charge on any atom is 0.328 e. The Balaban J connectivity index is 2.89. The number of carboxylic acids is 1. The largest absolute Gasteiger partial charge is 0.481 e. The Kier molecular flexibility index (Phi) is 10.7. The van der Waals surface area contributed by atoms with Gasteiger partial charge in [0, 0.05) is 0 Å². The molecule has 0 amide bonds. The van der Waals surface area contributed by atoms with Crippen LogP contribution in [-0.4, -0.2) is 26.5 Å². The zero-order valence-corrected chi connectivity index (χ0v) is 17.3. The van der Waals surface area contributed by atoms with Crippen LogP contribution in [0.2, 0.25) is 0 Å². The lowest BCUT2D eigenvalue weighted by molar-refractivity contribution is -0.141. The fraction of sp³-hybridized carbons (Fsp3) is 0.850. The van der Waals surface area contributed by atoms with Gasteiger partial charge in [0.05, 0.1) is 11.6 Å². The van der Waals surface area contributed by atoms with Crippen LogP contribution < -0.4 is 0 Å². The van der Waals surface area contributed by atoms with Gasteiger partial charge in [-0.25, -0.2) is 0 Å². The highest BCUT2D eigenvalue weighted by Crippen LogP contribution is 2.48. The van der Waals surface area contributed by atoms with Gasteiger partial charge < -0.3 is 14.9 Å². The van der Waals surface area contributed by atoms with Crippen molar-refractivity contribution in [3.8, 4) is 0 Å². The lowest BCUT2D eigenvalue weighted by Crippen LogP contribution is -2.24. The van der Waals surface area contributed by atoms with Gasteiger partial charge in [-0.05, 0) is 50.9 Å². The van der Waals surface area contributed by atoms with Crippen molar-refractivity contribution in [3.63, 3.8) is 0 Å². The van der Waals surface area contributed by atoms with Crippen LogP contribution in [0.4, 0.5) is 0 Å². The van der Waals surface area contributed by atoms with Crippen molar-refractivity contribution in [1.29, 1.82) is 0 Å². The van der Waals surface area contributed by atoms with Gasteiger partial charge in [0.25, 0.3) is 0 Å². The van der Waals surface area contributed by atoms with E-state index >= 15 is 0 Å². The Labute approximate surface area is 158 Å². The molecular formula is C20H37O5P. The van der Waals surface area contributed by atoms with Crippen LogP contribution in [0.3, 0.4) is 0 Å². The van der Waals surface area contributed by atoms with E-state index in [9.17, 15) is 24.3 Å². The minimum Gasteiger partial charge on any atom is -0.481 e. The Morgan fingerprint density at radius 3 is 2.35 bits per heavy atom. The SMILES string of the molecule is CCCCCC(CC(C(=O)O)C1=CCCCC1)CC(CCC)P(=O)(O)O. The van der Waals surface area contributed by atoms with Crippen molar-refractivity contribution in [3.05, 3.63) is 11.6 Å². The van der Waals surface area contributed by atoms with Gasteiger partial charge in [0.2, 0.25) is 0 Å². The lowest BCUT2D eigenvalue weighted by atomic mass is 9.80. The first-order chi connectivity index (χ1) is 12.3. The van der Waals surface area contributed by atoms with Crippen molar-refractivity contribution in [2.45, 2.75) is 96.6 Å². The van der Waals surface area contributed by atoms with Crippen LogP contribution in [0.5, 0.6) is 0 Å². The van der Waals surface area contributed by atoms with Gasteiger partial charge in [-0.2, -0.15) is 0 Å². The van der Waals surface area contributed by atoms with Crippen LogP contribution in [0, 0.1) is 11.8 Å². The minimum absolute atomic E-state index is 0.0506. The first kappa shape index (κ1) is 23.4. The molecule has 3 N–H and O–H groups in total. The quantitative estimate of drug-likeness (QED) is 0.220. The fourth-order valence-corrected chi connectivity index (χ4v) is 5.25. The van der Waals surface area contributed by atoms with Gasteiger partial charge in [0.15, 0.2) is 0 Å². The average Bonchev–Trinajstić information content (AvgIpc) is 2.58. The summed E-state index contributed by atoms with van der Waals surface area (Å²) in [4.78, 5) is 31.3. The molecule has 0 aliphatic heterocycles.